The van der Waals surface area contributed by atoms with E-state index in [0.29, 0.717) is 13.2 Å². The van der Waals surface area contributed by atoms with Crippen molar-refractivity contribution in [2.45, 2.75) is 6.42 Å². The Balaban J connectivity index is 1.32. The van der Waals surface area contributed by atoms with Crippen LogP contribution in [0.3, 0.4) is 0 Å². The average molecular weight is 384 g/mol. The number of likely N-dealkylation sites (N-methyl/N-ethyl adjacent to an activating group) is 1. The van der Waals surface area contributed by atoms with Crippen LogP contribution in [0.2, 0.25) is 0 Å². The van der Waals surface area contributed by atoms with Gasteiger partial charge in [0.1, 0.15) is 13.2 Å². The SMILES string of the molecule is CN1C=CS2(C)CN(CCc3ccc4cc5c(cc4n3)OCCO5)C=C2C1. The van der Waals surface area contributed by atoms with Gasteiger partial charge in [-0.2, -0.15) is 10.0 Å². The van der Waals surface area contributed by atoms with Crippen LogP contribution in [-0.2, 0) is 6.42 Å². The highest BCUT2D eigenvalue weighted by atomic mass is 32.3. The highest BCUT2D eigenvalue weighted by molar-refractivity contribution is 8.38. The summed E-state index contributed by atoms with van der Waals surface area (Å²) in [6.45, 7) is 3.28. The smallest absolute Gasteiger partial charge is 0.163 e. The quantitative estimate of drug-likeness (QED) is 0.811. The minimum absolute atomic E-state index is 0.604. The molecule has 4 heterocycles. The maximum Gasteiger partial charge on any atom is 0.163 e. The fourth-order valence-corrected chi connectivity index (χ4v) is 6.56. The largest absolute Gasteiger partial charge is 0.486 e. The first kappa shape index (κ1) is 16.8. The van der Waals surface area contributed by atoms with Crippen LogP contribution in [0.5, 0.6) is 11.5 Å². The Hall–Kier alpha value is -2.34. The van der Waals surface area contributed by atoms with Gasteiger partial charge in [-0.3, -0.25) is 4.98 Å². The van der Waals surface area contributed by atoms with Crippen LogP contribution in [0, 0.1) is 0 Å². The highest BCUT2D eigenvalue weighted by Gasteiger charge is 2.32. The summed E-state index contributed by atoms with van der Waals surface area (Å²) in [5.41, 5.74) is 2.10. The van der Waals surface area contributed by atoms with Crippen LogP contribution >= 0.6 is 10.0 Å². The fraction of sp³-hybridized carbons (Fsp3) is 0.381. The lowest BCUT2D eigenvalue weighted by molar-refractivity contribution is 0.172. The first-order chi connectivity index (χ1) is 13.1. The summed E-state index contributed by atoms with van der Waals surface area (Å²) in [6, 6.07) is 8.31. The fourth-order valence-electron chi connectivity index (χ4n) is 3.87. The minimum Gasteiger partial charge on any atom is -0.486 e. The second-order valence-electron chi connectivity index (χ2n) is 7.64. The van der Waals surface area contributed by atoms with Gasteiger partial charge >= 0.3 is 0 Å². The van der Waals surface area contributed by atoms with Gasteiger partial charge in [0, 0.05) is 61.0 Å². The molecule has 0 fully saturated rings. The van der Waals surface area contributed by atoms with Gasteiger partial charge in [-0.15, -0.1) is 0 Å². The van der Waals surface area contributed by atoms with E-state index in [0.717, 1.165) is 53.5 Å². The van der Waals surface area contributed by atoms with Crippen LogP contribution in [0.25, 0.3) is 10.9 Å². The number of nitrogens with zero attached hydrogens (tertiary/aromatic N) is 3. The number of hydrogen-bond acceptors (Lipinski definition) is 5. The van der Waals surface area contributed by atoms with Crippen molar-refractivity contribution >= 4 is 20.9 Å². The predicted molar refractivity (Wildman–Crippen MR) is 111 cm³/mol. The molecular formula is C21H25N3O2S. The van der Waals surface area contributed by atoms with E-state index in [2.05, 4.69) is 53.0 Å². The molecule has 1 aromatic carbocycles. The van der Waals surface area contributed by atoms with E-state index in [4.69, 9.17) is 14.5 Å². The van der Waals surface area contributed by atoms with E-state index >= 15 is 0 Å². The zero-order valence-electron chi connectivity index (χ0n) is 15.9. The Bertz CT molecular complexity index is 958. The number of fused-ring (bicyclic) bond motifs is 3. The summed E-state index contributed by atoms with van der Waals surface area (Å²) in [5, 5.41) is 3.52. The summed E-state index contributed by atoms with van der Waals surface area (Å²) >= 11 is 0. The molecule has 1 unspecified atom stereocenters. The minimum atomic E-state index is -0.763. The molecule has 3 aliphatic rings. The molecular weight excluding hydrogens is 358 g/mol. The molecule has 1 atom stereocenters. The van der Waals surface area contributed by atoms with Gasteiger partial charge in [0.05, 0.1) is 11.4 Å². The van der Waals surface area contributed by atoms with Crippen LogP contribution in [0.1, 0.15) is 5.69 Å². The van der Waals surface area contributed by atoms with Crippen molar-refractivity contribution in [3.63, 3.8) is 0 Å². The number of ether oxygens (including phenoxy) is 2. The normalized spacial score (nSPS) is 25.9. The van der Waals surface area contributed by atoms with Gasteiger partial charge in [0.2, 0.25) is 0 Å². The molecule has 0 radical (unpaired) electrons. The van der Waals surface area contributed by atoms with Crippen LogP contribution in [0.15, 0.2) is 47.0 Å². The zero-order valence-corrected chi connectivity index (χ0v) is 16.7. The lowest BCUT2D eigenvalue weighted by Crippen LogP contribution is -2.22. The van der Waals surface area contributed by atoms with Gasteiger partial charge < -0.3 is 19.3 Å². The molecule has 0 spiro atoms. The third-order valence-electron chi connectivity index (χ3n) is 5.45. The first-order valence-corrected chi connectivity index (χ1v) is 11.6. The molecule has 5 nitrogen and oxygen atoms in total. The molecule has 0 N–H and O–H groups in total. The molecule has 6 heteroatoms. The number of benzene rings is 1. The van der Waals surface area contributed by atoms with E-state index in [-0.39, 0.29) is 0 Å². The Labute approximate surface area is 161 Å². The number of pyridine rings is 1. The zero-order chi connectivity index (χ0) is 18.4. The number of aromatic nitrogens is 1. The third-order valence-corrected chi connectivity index (χ3v) is 8.47. The van der Waals surface area contributed by atoms with Crippen molar-refractivity contribution < 1.29 is 9.47 Å². The lowest BCUT2D eigenvalue weighted by atomic mass is 10.1. The summed E-state index contributed by atoms with van der Waals surface area (Å²) < 4.78 is 11.4. The van der Waals surface area contributed by atoms with Crippen molar-refractivity contribution in [3.8, 4) is 11.5 Å². The summed E-state index contributed by atoms with van der Waals surface area (Å²) in [6.07, 6.45) is 8.00. The van der Waals surface area contributed by atoms with Crippen molar-refractivity contribution in [1.82, 2.24) is 14.8 Å². The standard InChI is InChI=1S/C21H25N3O2S/c1-23-7-10-27(2)15-24(14-18(27)13-23)6-5-17-4-3-16-11-20-21(12-19(16)22-17)26-9-8-25-20/h3-4,7,10-12,14H,5-6,8-9,13,15H2,1-2H3. The van der Waals surface area contributed by atoms with E-state index in [1.165, 1.54) is 0 Å². The van der Waals surface area contributed by atoms with Crippen molar-refractivity contribution in [3.05, 3.63) is 52.7 Å². The molecule has 0 bridgehead atoms. The Morgan fingerprint density at radius 3 is 2.81 bits per heavy atom. The van der Waals surface area contributed by atoms with E-state index in [9.17, 15) is 0 Å². The number of hydrogen-bond donors (Lipinski definition) is 0. The highest BCUT2D eigenvalue weighted by Crippen LogP contribution is 2.59. The van der Waals surface area contributed by atoms with Gasteiger partial charge in [0.15, 0.2) is 11.5 Å². The van der Waals surface area contributed by atoms with Gasteiger partial charge in [-0.1, -0.05) is 6.07 Å². The molecule has 3 aliphatic heterocycles. The summed E-state index contributed by atoms with van der Waals surface area (Å²) in [7, 11) is 1.38. The van der Waals surface area contributed by atoms with Crippen LogP contribution in [0.4, 0.5) is 0 Å². The second kappa shape index (κ2) is 6.37. The molecule has 142 valence electrons. The second-order valence-corrected chi connectivity index (χ2v) is 11.0. The van der Waals surface area contributed by atoms with E-state index in [1.807, 2.05) is 12.1 Å². The van der Waals surface area contributed by atoms with Gasteiger partial charge in [-0.25, -0.2) is 0 Å². The molecule has 27 heavy (non-hydrogen) atoms. The lowest BCUT2D eigenvalue weighted by Gasteiger charge is -2.37. The maximum atomic E-state index is 5.70. The molecule has 0 saturated heterocycles. The Kier molecular flexibility index (Phi) is 3.97. The molecule has 1 aromatic heterocycles. The average Bonchev–Trinajstić information content (AvgIpc) is 3.00. The molecule has 2 aromatic rings. The van der Waals surface area contributed by atoms with E-state index in [1.54, 1.807) is 4.91 Å². The summed E-state index contributed by atoms with van der Waals surface area (Å²) in [4.78, 5) is 11.2. The topological polar surface area (TPSA) is 37.8 Å². The molecule has 0 saturated carbocycles. The van der Waals surface area contributed by atoms with Crippen LogP contribution in [-0.4, -0.2) is 60.3 Å². The van der Waals surface area contributed by atoms with Crippen LogP contribution < -0.4 is 9.47 Å². The van der Waals surface area contributed by atoms with Gasteiger partial charge in [-0.05, 0) is 23.8 Å². The summed E-state index contributed by atoms with van der Waals surface area (Å²) in [5.74, 6) is 2.77. The Morgan fingerprint density at radius 2 is 1.96 bits per heavy atom. The first-order valence-electron chi connectivity index (χ1n) is 9.38. The van der Waals surface area contributed by atoms with Crippen molar-refractivity contribution in [2.24, 2.45) is 0 Å². The number of rotatable bonds is 3. The van der Waals surface area contributed by atoms with Crippen molar-refractivity contribution in [2.75, 3.05) is 45.5 Å². The predicted octanol–water partition coefficient (Wildman–Crippen LogP) is 3.51. The Morgan fingerprint density at radius 1 is 1.15 bits per heavy atom. The van der Waals surface area contributed by atoms with E-state index < -0.39 is 10.0 Å². The molecule has 0 aliphatic carbocycles. The monoisotopic (exact) mass is 383 g/mol. The molecule has 0 amide bonds. The van der Waals surface area contributed by atoms with Gasteiger partial charge in [0.25, 0.3) is 0 Å². The van der Waals surface area contributed by atoms with Crippen molar-refractivity contribution in [1.29, 1.82) is 0 Å². The third kappa shape index (κ3) is 3.12. The molecule has 5 rings (SSSR count). The maximum absolute atomic E-state index is 5.70.